The Morgan fingerprint density at radius 2 is 2.13 bits per heavy atom. The highest BCUT2D eigenvalue weighted by molar-refractivity contribution is 5.97. The molecule has 118 valence electrons. The minimum Gasteiger partial charge on any atom is -0.352 e. The number of aromatic nitrogens is 5. The van der Waals surface area contributed by atoms with Gasteiger partial charge in [-0.3, -0.25) is 9.89 Å². The fourth-order valence-electron chi connectivity index (χ4n) is 2.54. The van der Waals surface area contributed by atoms with Crippen molar-refractivity contribution in [1.29, 1.82) is 0 Å². The Morgan fingerprint density at radius 1 is 1.30 bits per heavy atom. The Labute approximate surface area is 133 Å². The van der Waals surface area contributed by atoms with E-state index in [0.29, 0.717) is 17.8 Å². The third kappa shape index (κ3) is 3.13. The van der Waals surface area contributed by atoms with Crippen molar-refractivity contribution < 1.29 is 4.79 Å². The van der Waals surface area contributed by atoms with Crippen LogP contribution in [0.25, 0.3) is 5.69 Å². The van der Waals surface area contributed by atoms with Crippen LogP contribution < -0.4 is 5.32 Å². The topological polar surface area (TPSA) is 88.5 Å². The molecule has 7 heteroatoms. The lowest BCUT2D eigenvalue weighted by atomic mass is 10.1. The third-order valence-corrected chi connectivity index (χ3v) is 3.76. The highest BCUT2D eigenvalue weighted by atomic mass is 16.1. The predicted octanol–water partition coefficient (Wildman–Crippen LogP) is 1.58. The van der Waals surface area contributed by atoms with Crippen LogP contribution in [0.4, 0.5) is 0 Å². The summed E-state index contributed by atoms with van der Waals surface area (Å²) < 4.78 is 1.58. The molecule has 3 rings (SSSR count). The number of hydrogen-bond acceptors (Lipinski definition) is 4. The Kier molecular flexibility index (Phi) is 4.18. The quantitative estimate of drug-likeness (QED) is 0.749. The summed E-state index contributed by atoms with van der Waals surface area (Å²) in [6.07, 6.45) is 3.76. The number of nitrogens with zero attached hydrogens (tertiary/aromatic N) is 4. The molecule has 2 N–H and O–H groups in total. The number of carbonyl (C=O) groups is 1. The molecule has 0 atom stereocenters. The summed E-state index contributed by atoms with van der Waals surface area (Å²) in [5.74, 6) is -0.130. The van der Waals surface area contributed by atoms with Gasteiger partial charge in [-0.1, -0.05) is 12.1 Å². The molecule has 7 nitrogen and oxygen atoms in total. The molecule has 0 aliphatic heterocycles. The number of hydrogen-bond donors (Lipinski definition) is 2. The molecule has 0 fully saturated rings. The number of rotatable bonds is 5. The van der Waals surface area contributed by atoms with Gasteiger partial charge < -0.3 is 5.32 Å². The minimum absolute atomic E-state index is 0.130. The van der Waals surface area contributed by atoms with Crippen molar-refractivity contribution >= 4 is 5.91 Å². The van der Waals surface area contributed by atoms with E-state index < -0.39 is 0 Å². The molecular formula is C16H18N6O. The van der Waals surface area contributed by atoms with E-state index in [9.17, 15) is 4.79 Å². The molecule has 0 saturated heterocycles. The van der Waals surface area contributed by atoms with Gasteiger partial charge >= 0.3 is 0 Å². The largest absolute Gasteiger partial charge is 0.352 e. The van der Waals surface area contributed by atoms with Crippen molar-refractivity contribution in [3.8, 4) is 5.69 Å². The van der Waals surface area contributed by atoms with Crippen molar-refractivity contribution in [1.82, 2.24) is 30.3 Å². The number of para-hydroxylation sites is 1. The van der Waals surface area contributed by atoms with Gasteiger partial charge in [0, 0.05) is 12.2 Å². The SMILES string of the molecule is Cc1n[nH]c(C)c1CCNC(=O)c1ccccc1-n1cncn1. The number of amides is 1. The molecule has 0 aliphatic rings. The Morgan fingerprint density at radius 3 is 2.83 bits per heavy atom. The number of benzene rings is 1. The number of nitrogens with one attached hydrogen (secondary N) is 2. The summed E-state index contributed by atoms with van der Waals surface area (Å²) >= 11 is 0. The number of aromatic amines is 1. The lowest BCUT2D eigenvalue weighted by Gasteiger charge is -2.10. The maximum atomic E-state index is 12.5. The molecule has 23 heavy (non-hydrogen) atoms. The number of H-pyrrole nitrogens is 1. The molecule has 0 aliphatic carbocycles. The van der Waals surface area contributed by atoms with Gasteiger partial charge in [-0.25, -0.2) is 9.67 Å². The second-order valence-electron chi connectivity index (χ2n) is 5.28. The van der Waals surface area contributed by atoms with E-state index in [1.54, 1.807) is 17.1 Å². The molecule has 0 saturated carbocycles. The van der Waals surface area contributed by atoms with E-state index in [1.165, 1.54) is 6.33 Å². The third-order valence-electron chi connectivity index (χ3n) is 3.76. The normalized spacial score (nSPS) is 10.7. The van der Waals surface area contributed by atoms with Crippen molar-refractivity contribution in [2.24, 2.45) is 0 Å². The Hall–Kier alpha value is -2.96. The lowest BCUT2D eigenvalue weighted by molar-refractivity contribution is 0.0954. The smallest absolute Gasteiger partial charge is 0.253 e. The molecule has 1 aromatic carbocycles. The zero-order valence-electron chi connectivity index (χ0n) is 13.1. The summed E-state index contributed by atoms with van der Waals surface area (Å²) in [6, 6.07) is 7.32. The molecule has 2 aromatic heterocycles. The van der Waals surface area contributed by atoms with E-state index in [4.69, 9.17) is 0 Å². The highest BCUT2D eigenvalue weighted by Gasteiger charge is 2.13. The number of aryl methyl sites for hydroxylation is 2. The van der Waals surface area contributed by atoms with Gasteiger partial charge in [0.15, 0.2) is 0 Å². The van der Waals surface area contributed by atoms with E-state index >= 15 is 0 Å². The maximum absolute atomic E-state index is 12.5. The van der Waals surface area contributed by atoms with Crippen LogP contribution in [-0.2, 0) is 6.42 Å². The zero-order chi connectivity index (χ0) is 16.2. The Bertz CT molecular complexity index is 786. The minimum atomic E-state index is -0.130. The molecule has 0 radical (unpaired) electrons. The van der Waals surface area contributed by atoms with Gasteiger partial charge in [0.2, 0.25) is 0 Å². The van der Waals surface area contributed by atoms with Crippen LogP contribution in [0.5, 0.6) is 0 Å². The fourth-order valence-corrected chi connectivity index (χ4v) is 2.54. The average molecular weight is 310 g/mol. The lowest BCUT2D eigenvalue weighted by Crippen LogP contribution is -2.27. The molecule has 3 aromatic rings. The second-order valence-corrected chi connectivity index (χ2v) is 5.28. The van der Waals surface area contributed by atoms with Gasteiger partial charge in [0.1, 0.15) is 12.7 Å². The fraction of sp³-hybridized carbons (Fsp3) is 0.250. The van der Waals surface area contributed by atoms with Gasteiger partial charge in [0.05, 0.1) is 16.9 Å². The van der Waals surface area contributed by atoms with Crippen LogP contribution in [0.1, 0.15) is 27.3 Å². The molecule has 1 amide bonds. The monoisotopic (exact) mass is 310 g/mol. The average Bonchev–Trinajstić information content (AvgIpc) is 3.20. The van der Waals surface area contributed by atoms with Crippen LogP contribution >= 0.6 is 0 Å². The van der Waals surface area contributed by atoms with Gasteiger partial charge in [-0.15, -0.1) is 0 Å². The van der Waals surface area contributed by atoms with Gasteiger partial charge in [-0.2, -0.15) is 10.2 Å². The van der Waals surface area contributed by atoms with Crippen LogP contribution in [0.2, 0.25) is 0 Å². The molecular weight excluding hydrogens is 292 g/mol. The first kappa shape index (κ1) is 15.0. The van der Waals surface area contributed by atoms with Crippen molar-refractivity contribution in [3.05, 3.63) is 59.4 Å². The molecule has 2 heterocycles. The van der Waals surface area contributed by atoms with Crippen molar-refractivity contribution in [2.75, 3.05) is 6.54 Å². The van der Waals surface area contributed by atoms with Crippen molar-refractivity contribution in [3.63, 3.8) is 0 Å². The van der Waals surface area contributed by atoms with Gasteiger partial charge in [-0.05, 0) is 38.0 Å². The maximum Gasteiger partial charge on any atom is 0.253 e. The zero-order valence-corrected chi connectivity index (χ0v) is 13.1. The van der Waals surface area contributed by atoms with Crippen molar-refractivity contribution in [2.45, 2.75) is 20.3 Å². The molecule has 0 spiro atoms. The first-order chi connectivity index (χ1) is 11.2. The summed E-state index contributed by atoms with van der Waals surface area (Å²) in [4.78, 5) is 16.4. The van der Waals surface area contributed by atoms with Crippen LogP contribution in [0.15, 0.2) is 36.9 Å². The predicted molar refractivity (Wildman–Crippen MR) is 85.5 cm³/mol. The molecule has 0 bridgehead atoms. The highest BCUT2D eigenvalue weighted by Crippen LogP contribution is 2.13. The van der Waals surface area contributed by atoms with E-state index in [0.717, 1.165) is 23.4 Å². The standard InChI is InChI=1S/C16H18N6O/c1-11-13(12(2)21-20-11)7-8-18-16(23)14-5-3-4-6-15(14)22-10-17-9-19-22/h3-6,9-10H,7-8H2,1-2H3,(H,18,23)(H,20,21). The second kappa shape index (κ2) is 6.43. The summed E-state index contributed by atoms with van der Waals surface area (Å²) in [5, 5.41) is 14.2. The summed E-state index contributed by atoms with van der Waals surface area (Å²) in [5.41, 5.74) is 4.44. The van der Waals surface area contributed by atoms with Crippen LogP contribution in [-0.4, -0.2) is 37.4 Å². The first-order valence-corrected chi connectivity index (χ1v) is 7.39. The first-order valence-electron chi connectivity index (χ1n) is 7.39. The molecule has 0 unspecified atom stereocenters. The number of carbonyl (C=O) groups excluding carboxylic acids is 1. The Balaban J connectivity index is 1.70. The van der Waals surface area contributed by atoms with Gasteiger partial charge in [0.25, 0.3) is 5.91 Å². The van der Waals surface area contributed by atoms with E-state index in [2.05, 4.69) is 25.6 Å². The van der Waals surface area contributed by atoms with Crippen LogP contribution in [0, 0.1) is 13.8 Å². The van der Waals surface area contributed by atoms with E-state index in [1.807, 2.05) is 32.0 Å². The summed E-state index contributed by atoms with van der Waals surface area (Å²) in [7, 11) is 0. The van der Waals surface area contributed by atoms with Crippen LogP contribution in [0.3, 0.4) is 0 Å². The summed E-state index contributed by atoms with van der Waals surface area (Å²) in [6.45, 7) is 4.49. The van der Waals surface area contributed by atoms with E-state index in [-0.39, 0.29) is 5.91 Å².